The highest BCUT2D eigenvalue weighted by atomic mass is 15.1. The monoisotopic (exact) mass is 261 g/mol. The summed E-state index contributed by atoms with van der Waals surface area (Å²) in [6.07, 6.45) is 4.04. The smallest absolute Gasteiger partial charge is 0.0547 e. The summed E-state index contributed by atoms with van der Waals surface area (Å²) in [6.45, 7) is 9.83. The van der Waals surface area contributed by atoms with Crippen molar-refractivity contribution in [1.82, 2.24) is 15.2 Å². The fourth-order valence-corrected chi connectivity index (χ4v) is 2.68. The molecule has 2 rings (SSSR count). The molecule has 0 bridgehead atoms. The number of nitrogens with one attached hydrogen (secondary N) is 1. The lowest BCUT2D eigenvalue weighted by atomic mass is 10.0. The Balaban J connectivity index is 1.90. The minimum atomic E-state index is 0.876. The molecule has 1 aromatic heterocycles. The molecule has 0 radical (unpaired) electrons. The lowest BCUT2D eigenvalue weighted by Crippen LogP contribution is -2.25. The summed E-state index contributed by atoms with van der Waals surface area (Å²) in [5.74, 6) is 0.887. The van der Waals surface area contributed by atoms with Gasteiger partial charge in [0, 0.05) is 13.1 Å². The molecule has 1 aliphatic heterocycles. The summed E-state index contributed by atoms with van der Waals surface area (Å²) in [4.78, 5) is 7.31. The largest absolute Gasteiger partial charge is 0.311 e. The van der Waals surface area contributed by atoms with E-state index in [1.807, 2.05) is 0 Å². The van der Waals surface area contributed by atoms with Crippen LogP contribution in [0.25, 0.3) is 0 Å². The first-order valence-electron chi connectivity index (χ1n) is 7.66. The number of likely N-dealkylation sites (tertiary alicyclic amines) is 1. The Kier molecular flexibility index (Phi) is 5.80. The highest BCUT2D eigenvalue weighted by molar-refractivity contribution is 5.11. The highest BCUT2D eigenvalue weighted by Crippen LogP contribution is 2.17. The van der Waals surface area contributed by atoms with Crippen molar-refractivity contribution in [1.29, 1.82) is 0 Å². The second-order valence-corrected chi connectivity index (χ2v) is 5.71. The van der Waals surface area contributed by atoms with Gasteiger partial charge in [0.1, 0.15) is 0 Å². The van der Waals surface area contributed by atoms with Gasteiger partial charge in [0.2, 0.25) is 0 Å². The molecule has 0 aliphatic carbocycles. The van der Waals surface area contributed by atoms with Crippen molar-refractivity contribution >= 4 is 0 Å². The SMILES string of the molecule is CCNCc1cccc(CN2CCCC(C)CC2)n1. The summed E-state index contributed by atoms with van der Waals surface area (Å²) < 4.78 is 0. The van der Waals surface area contributed by atoms with E-state index in [0.717, 1.165) is 31.2 Å². The Labute approximate surface area is 117 Å². The Hall–Kier alpha value is -0.930. The molecule has 1 aliphatic rings. The van der Waals surface area contributed by atoms with E-state index in [-0.39, 0.29) is 0 Å². The maximum Gasteiger partial charge on any atom is 0.0547 e. The second kappa shape index (κ2) is 7.61. The molecule has 2 heterocycles. The summed E-state index contributed by atoms with van der Waals surface area (Å²) >= 11 is 0. The first-order valence-corrected chi connectivity index (χ1v) is 7.66. The van der Waals surface area contributed by atoms with Crippen LogP contribution in [0.2, 0.25) is 0 Å². The Morgan fingerprint density at radius 3 is 2.95 bits per heavy atom. The standard InChI is InChI=1S/C16H27N3/c1-3-17-12-15-7-4-8-16(18-15)13-19-10-5-6-14(2)9-11-19/h4,7-8,14,17H,3,5-6,9-13H2,1-2H3. The third kappa shape index (κ3) is 4.92. The molecule has 3 heteroatoms. The Bertz CT molecular complexity index is 378. The molecule has 1 N–H and O–H groups in total. The molecule has 1 unspecified atom stereocenters. The molecule has 1 saturated heterocycles. The molecule has 19 heavy (non-hydrogen) atoms. The number of rotatable bonds is 5. The van der Waals surface area contributed by atoms with Crippen molar-refractivity contribution < 1.29 is 0 Å². The van der Waals surface area contributed by atoms with Gasteiger partial charge in [0.25, 0.3) is 0 Å². The first-order chi connectivity index (χ1) is 9.28. The molecule has 0 amide bonds. The van der Waals surface area contributed by atoms with Gasteiger partial charge in [-0.15, -0.1) is 0 Å². The lowest BCUT2D eigenvalue weighted by molar-refractivity contribution is 0.270. The Morgan fingerprint density at radius 1 is 1.26 bits per heavy atom. The van der Waals surface area contributed by atoms with Crippen molar-refractivity contribution in [2.45, 2.75) is 46.2 Å². The summed E-state index contributed by atoms with van der Waals surface area (Å²) in [5.41, 5.74) is 2.37. The van der Waals surface area contributed by atoms with Gasteiger partial charge in [-0.05, 0) is 56.9 Å². The van der Waals surface area contributed by atoms with Crippen LogP contribution in [0.5, 0.6) is 0 Å². The van der Waals surface area contributed by atoms with Gasteiger partial charge in [-0.2, -0.15) is 0 Å². The molecule has 1 aromatic rings. The zero-order valence-electron chi connectivity index (χ0n) is 12.4. The van der Waals surface area contributed by atoms with Crippen LogP contribution in [0.3, 0.4) is 0 Å². The second-order valence-electron chi connectivity index (χ2n) is 5.71. The number of nitrogens with zero attached hydrogens (tertiary/aromatic N) is 2. The maximum absolute atomic E-state index is 4.75. The van der Waals surface area contributed by atoms with Crippen molar-refractivity contribution in [2.24, 2.45) is 5.92 Å². The van der Waals surface area contributed by atoms with Gasteiger partial charge in [0.15, 0.2) is 0 Å². The average Bonchev–Trinajstić information content (AvgIpc) is 2.62. The topological polar surface area (TPSA) is 28.2 Å². The minimum absolute atomic E-state index is 0.876. The van der Waals surface area contributed by atoms with E-state index < -0.39 is 0 Å². The third-order valence-corrected chi connectivity index (χ3v) is 3.92. The van der Waals surface area contributed by atoms with Crippen molar-refractivity contribution in [3.8, 4) is 0 Å². The van der Waals surface area contributed by atoms with E-state index >= 15 is 0 Å². The van der Waals surface area contributed by atoms with Crippen LogP contribution in [0.15, 0.2) is 18.2 Å². The van der Waals surface area contributed by atoms with Gasteiger partial charge in [0.05, 0.1) is 11.4 Å². The van der Waals surface area contributed by atoms with Crippen LogP contribution in [0.1, 0.15) is 44.5 Å². The first kappa shape index (κ1) is 14.5. The number of pyridine rings is 1. The average molecular weight is 261 g/mol. The summed E-state index contributed by atoms with van der Waals surface area (Å²) in [7, 11) is 0. The third-order valence-electron chi connectivity index (χ3n) is 3.92. The molecular weight excluding hydrogens is 234 g/mol. The van der Waals surface area contributed by atoms with E-state index in [0.29, 0.717) is 0 Å². The summed E-state index contributed by atoms with van der Waals surface area (Å²) in [6, 6.07) is 6.40. The van der Waals surface area contributed by atoms with Crippen LogP contribution < -0.4 is 5.32 Å². The van der Waals surface area contributed by atoms with Crippen LogP contribution in [-0.4, -0.2) is 29.5 Å². The molecule has 0 aromatic carbocycles. The quantitative estimate of drug-likeness (QED) is 0.883. The molecule has 1 atom stereocenters. The number of hydrogen-bond acceptors (Lipinski definition) is 3. The van der Waals surface area contributed by atoms with E-state index in [2.05, 4.69) is 42.3 Å². The van der Waals surface area contributed by atoms with Crippen LogP contribution in [0.4, 0.5) is 0 Å². The maximum atomic E-state index is 4.75. The zero-order valence-corrected chi connectivity index (χ0v) is 12.4. The molecule has 3 nitrogen and oxygen atoms in total. The predicted octanol–water partition coefficient (Wildman–Crippen LogP) is 2.81. The van der Waals surface area contributed by atoms with Gasteiger partial charge in [-0.1, -0.05) is 19.9 Å². The molecule has 106 valence electrons. The van der Waals surface area contributed by atoms with Crippen LogP contribution >= 0.6 is 0 Å². The van der Waals surface area contributed by atoms with Gasteiger partial charge in [-0.3, -0.25) is 9.88 Å². The zero-order chi connectivity index (χ0) is 13.5. The van der Waals surface area contributed by atoms with E-state index in [4.69, 9.17) is 4.98 Å². The minimum Gasteiger partial charge on any atom is -0.311 e. The van der Waals surface area contributed by atoms with Crippen molar-refractivity contribution in [3.05, 3.63) is 29.6 Å². The van der Waals surface area contributed by atoms with E-state index in [1.54, 1.807) is 0 Å². The van der Waals surface area contributed by atoms with E-state index in [9.17, 15) is 0 Å². The fourth-order valence-electron chi connectivity index (χ4n) is 2.68. The lowest BCUT2D eigenvalue weighted by Gasteiger charge is -2.19. The van der Waals surface area contributed by atoms with Crippen LogP contribution in [-0.2, 0) is 13.1 Å². The normalized spacial score (nSPS) is 21.3. The van der Waals surface area contributed by atoms with Gasteiger partial charge in [-0.25, -0.2) is 0 Å². The highest BCUT2D eigenvalue weighted by Gasteiger charge is 2.14. The Morgan fingerprint density at radius 2 is 2.11 bits per heavy atom. The van der Waals surface area contributed by atoms with E-state index in [1.165, 1.54) is 38.0 Å². The molecular formula is C16H27N3. The molecule has 0 saturated carbocycles. The molecule has 1 fully saturated rings. The van der Waals surface area contributed by atoms with Crippen molar-refractivity contribution in [2.75, 3.05) is 19.6 Å². The number of hydrogen-bond donors (Lipinski definition) is 1. The van der Waals surface area contributed by atoms with Crippen LogP contribution in [0, 0.1) is 5.92 Å². The fraction of sp³-hybridized carbons (Fsp3) is 0.688. The van der Waals surface area contributed by atoms with Crippen molar-refractivity contribution in [3.63, 3.8) is 0 Å². The molecule has 0 spiro atoms. The van der Waals surface area contributed by atoms with Gasteiger partial charge < -0.3 is 5.32 Å². The summed E-state index contributed by atoms with van der Waals surface area (Å²) in [5, 5.41) is 3.34. The van der Waals surface area contributed by atoms with Gasteiger partial charge >= 0.3 is 0 Å². The number of aromatic nitrogens is 1. The predicted molar refractivity (Wildman–Crippen MR) is 79.9 cm³/mol.